The summed E-state index contributed by atoms with van der Waals surface area (Å²) >= 11 is 0. The number of hydrogen-bond donors (Lipinski definition) is 4. The van der Waals surface area contributed by atoms with Crippen LogP contribution in [0.5, 0.6) is 6.01 Å². The van der Waals surface area contributed by atoms with E-state index in [0.717, 1.165) is 0 Å². The standard InChI is InChI=1S/C17H22N5O7P/c1-27-7-8-28-16-20-14(18)13-15(21-16)22(17(23)19-13)9-12(29-10-30(24,25)26)11-5-3-2-4-6-11/h2-6,12H,7-10H2,1H3,(H,19,23)(H2,18,20,21)(H2,24,25,26). The van der Waals surface area contributed by atoms with Crippen molar-refractivity contribution >= 4 is 24.6 Å². The lowest BCUT2D eigenvalue weighted by Crippen LogP contribution is -2.23. The average Bonchev–Trinajstić information content (AvgIpc) is 3.01. The number of nitrogen functional groups attached to an aromatic ring is 1. The van der Waals surface area contributed by atoms with Crippen LogP contribution in [0.3, 0.4) is 0 Å². The molecule has 0 bridgehead atoms. The van der Waals surface area contributed by atoms with Crippen molar-refractivity contribution in [2.75, 3.05) is 32.4 Å². The lowest BCUT2D eigenvalue weighted by Gasteiger charge is -2.19. The predicted octanol–water partition coefficient (Wildman–Crippen LogP) is 0.620. The summed E-state index contributed by atoms with van der Waals surface area (Å²) in [5.41, 5.74) is 6.43. The Labute approximate surface area is 170 Å². The molecule has 1 unspecified atom stereocenters. The van der Waals surface area contributed by atoms with Crippen molar-refractivity contribution < 1.29 is 28.6 Å². The minimum atomic E-state index is -4.42. The molecule has 0 saturated heterocycles. The number of nitrogens with two attached hydrogens (primary N) is 1. The van der Waals surface area contributed by atoms with Crippen LogP contribution in [0.4, 0.5) is 5.82 Å². The largest absolute Gasteiger partial charge is 0.461 e. The van der Waals surface area contributed by atoms with Gasteiger partial charge in [-0.05, 0) is 5.56 Å². The van der Waals surface area contributed by atoms with E-state index in [1.54, 1.807) is 30.3 Å². The van der Waals surface area contributed by atoms with Crippen molar-refractivity contribution in [3.05, 3.63) is 46.4 Å². The molecule has 12 nitrogen and oxygen atoms in total. The Hall–Kier alpha value is -2.76. The quantitative estimate of drug-likeness (QED) is 0.259. The zero-order chi connectivity index (χ0) is 21.7. The second kappa shape index (κ2) is 9.37. The second-order valence-electron chi connectivity index (χ2n) is 6.33. The number of aromatic amines is 1. The van der Waals surface area contributed by atoms with E-state index in [1.807, 2.05) is 0 Å². The number of nitrogens with zero attached hydrogens (tertiary/aromatic N) is 3. The molecule has 0 aliphatic heterocycles. The molecule has 3 rings (SSSR count). The Morgan fingerprint density at radius 1 is 1.23 bits per heavy atom. The van der Waals surface area contributed by atoms with Gasteiger partial charge < -0.3 is 34.7 Å². The SMILES string of the molecule is COCCOc1nc(N)c2[nH]c(=O)n(CC(OCP(=O)(O)O)c3ccccc3)c2n1. The smallest absolute Gasteiger partial charge is 0.351 e. The molecule has 30 heavy (non-hydrogen) atoms. The first-order valence-corrected chi connectivity index (χ1v) is 10.7. The maximum absolute atomic E-state index is 12.5. The number of methoxy groups -OCH3 is 1. The number of H-pyrrole nitrogens is 1. The molecule has 1 atom stereocenters. The van der Waals surface area contributed by atoms with E-state index < -0.39 is 25.7 Å². The highest BCUT2D eigenvalue weighted by Crippen LogP contribution is 2.36. The molecule has 0 amide bonds. The van der Waals surface area contributed by atoms with Gasteiger partial charge in [-0.15, -0.1) is 0 Å². The summed E-state index contributed by atoms with van der Waals surface area (Å²) in [6.45, 7) is 0.429. The number of ether oxygens (including phenoxy) is 3. The normalized spacial score (nSPS) is 12.9. The molecule has 3 aromatic rings. The molecule has 1 aromatic carbocycles. The Balaban J connectivity index is 1.97. The first-order valence-electron chi connectivity index (χ1n) is 8.87. The number of aromatic nitrogens is 4. The Bertz CT molecular complexity index is 1100. The van der Waals surface area contributed by atoms with Crippen LogP contribution in [0, 0.1) is 0 Å². The molecule has 0 aliphatic rings. The third-order valence-electron chi connectivity index (χ3n) is 4.11. The second-order valence-corrected chi connectivity index (χ2v) is 7.92. The number of hydrogen-bond acceptors (Lipinski definition) is 8. The van der Waals surface area contributed by atoms with Gasteiger partial charge in [-0.2, -0.15) is 9.97 Å². The minimum absolute atomic E-state index is 0.0238. The van der Waals surface area contributed by atoms with Gasteiger partial charge in [0.05, 0.1) is 13.2 Å². The van der Waals surface area contributed by atoms with Crippen LogP contribution >= 0.6 is 7.60 Å². The van der Waals surface area contributed by atoms with E-state index in [1.165, 1.54) is 11.7 Å². The minimum Gasteiger partial charge on any atom is -0.461 e. The monoisotopic (exact) mass is 439 g/mol. The van der Waals surface area contributed by atoms with Gasteiger partial charge in [-0.25, -0.2) is 4.79 Å². The fourth-order valence-electron chi connectivity index (χ4n) is 2.76. The van der Waals surface area contributed by atoms with Gasteiger partial charge in [0.2, 0.25) is 0 Å². The maximum atomic E-state index is 12.5. The molecule has 0 spiro atoms. The van der Waals surface area contributed by atoms with E-state index in [4.69, 9.17) is 19.9 Å². The van der Waals surface area contributed by atoms with Crippen molar-refractivity contribution in [3.63, 3.8) is 0 Å². The van der Waals surface area contributed by atoms with E-state index >= 15 is 0 Å². The van der Waals surface area contributed by atoms with E-state index in [-0.39, 0.29) is 36.1 Å². The number of imidazole rings is 1. The first-order chi connectivity index (χ1) is 14.3. The maximum Gasteiger partial charge on any atom is 0.351 e. The molecule has 162 valence electrons. The van der Waals surface area contributed by atoms with Crippen molar-refractivity contribution in [2.24, 2.45) is 0 Å². The molecule has 13 heteroatoms. The number of fused-ring (bicyclic) bond motifs is 1. The molecule has 0 radical (unpaired) electrons. The molecule has 2 heterocycles. The highest BCUT2D eigenvalue weighted by Gasteiger charge is 2.23. The summed E-state index contributed by atoms with van der Waals surface area (Å²) in [6.07, 6.45) is -1.63. The summed E-state index contributed by atoms with van der Waals surface area (Å²) in [5.74, 6) is 0.0238. The first kappa shape index (κ1) is 21.9. The predicted molar refractivity (Wildman–Crippen MR) is 107 cm³/mol. The molecule has 0 saturated carbocycles. The van der Waals surface area contributed by atoms with Crippen molar-refractivity contribution in [1.29, 1.82) is 0 Å². The van der Waals surface area contributed by atoms with E-state index in [2.05, 4.69) is 15.0 Å². The van der Waals surface area contributed by atoms with Gasteiger partial charge in [-0.3, -0.25) is 9.13 Å². The third-order valence-corrected chi connectivity index (χ3v) is 4.60. The summed E-state index contributed by atoms with van der Waals surface area (Å²) < 4.78 is 28.3. The van der Waals surface area contributed by atoms with Gasteiger partial charge in [0, 0.05) is 7.11 Å². The van der Waals surface area contributed by atoms with Crippen LogP contribution in [0.25, 0.3) is 11.2 Å². The Kier molecular flexibility index (Phi) is 6.85. The van der Waals surface area contributed by atoms with E-state index in [9.17, 15) is 19.1 Å². The summed E-state index contributed by atoms with van der Waals surface area (Å²) in [7, 11) is -2.90. The average molecular weight is 439 g/mol. The van der Waals surface area contributed by atoms with Crippen molar-refractivity contribution in [1.82, 2.24) is 19.5 Å². The molecular formula is C17H22N5O7P. The highest BCUT2D eigenvalue weighted by molar-refractivity contribution is 7.51. The van der Waals surface area contributed by atoms with Crippen LogP contribution < -0.4 is 16.2 Å². The number of benzene rings is 1. The molecule has 0 fully saturated rings. The summed E-state index contributed by atoms with van der Waals surface area (Å²) in [5, 5.41) is 0. The molecule has 5 N–H and O–H groups in total. The summed E-state index contributed by atoms with van der Waals surface area (Å²) in [4.78, 5) is 41.8. The van der Waals surface area contributed by atoms with Gasteiger partial charge in [-0.1, -0.05) is 30.3 Å². The lowest BCUT2D eigenvalue weighted by molar-refractivity contribution is 0.0618. The van der Waals surface area contributed by atoms with E-state index in [0.29, 0.717) is 12.2 Å². The molecule has 2 aromatic heterocycles. The number of anilines is 1. The highest BCUT2D eigenvalue weighted by atomic mass is 31.2. The molecule has 0 aliphatic carbocycles. The number of rotatable bonds is 10. The van der Waals surface area contributed by atoms with Crippen LogP contribution in [0.2, 0.25) is 0 Å². The van der Waals surface area contributed by atoms with Gasteiger partial charge in [0.25, 0.3) is 0 Å². The fraction of sp³-hybridized carbons (Fsp3) is 0.353. The van der Waals surface area contributed by atoms with Crippen LogP contribution in [0.1, 0.15) is 11.7 Å². The van der Waals surface area contributed by atoms with Gasteiger partial charge in [0.15, 0.2) is 11.5 Å². The zero-order valence-corrected chi connectivity index (χ0v) is 17.0. The van der Waals surface area contributed by atoms with Crippen LogP contribution in [-0.2, 0) is 20.6 Å². The summed E-state index contributed by atoms with van der Waals surface area (Å²) in [6, 6.07) is 8.72. The third kappa shape index (κ3) is 5.43. The Morgan fingerprint density at radius 3 is 2.63 bits per heavy atom. The fourth-order valence-corrected chi connectivity index (χ4v) is 3.13. The lowest BCUT2D eigenvalue weighted by atomic mass is 10.1. The zero-order valence-electron chi connectivity index (χ0n) is 16.1. The van der Waals surface area contributed by atoms with Crippen molar-refractivity contribution in [2.45, 2.75) is 12.6 Å². The van der Waals surface area contributed by atoms with Crippen LogP contribution in [0.15, 0.2) is 35.1 Å². The van der Waals surface area contributed by atoms with Crippen LogP contribution in [-0.4, -0.2) is 56.0 Å². The topological polar surface area (TPSA) is 175 Å². The Morgan fingerprint density at radius 2 is 1.97 bits per heavy atom. The number of nitrogens with one attached hydrogen (secondary N) is 1. The van der Waals surface area contributed by atoms with Gasteiger partial charge in [0.1, 0.15) is 24.6 Å². The van der Waals surface area contributed by atoms with Crippen molar-refractivity contribution in [3.8, 4) is 6.01 Å². The molecular weight excluding hydrogens is 417 g/mol. The van der Waals surface area contributed by atoms with Gasteiger partial charge >= 0.3 is 19.3 Å².